The van der Waals surface area contributed by atoms with E-state index < -0.39 is 5.03 Å². The lowest BCUT2D eigenvalue weighted by Gasteiger charge is -2.22. The molecule has 1 unspecified atom stereocenters. The molecule has 0 saturated carbocycles. The van der Waals surface area contributed by atoms with Gasteiger partial charge in [0.2, 0.25) is 0 Å². The number of hydrogen-bond donors (Lipinski definition) is 0. The molecular weight excluding hydrogens is 172 g/mol. The zero-order valence-electron chi connectivity index (χ0n) is 7.88. The maximum Gasteiger partial charge on any atom is 0.182 e. The van der Waals surface area contributed by atoms with Crippen LogP contribution in [-0.2, 0) is 0 Å². The summed E-state index contributed by atoms with van der Waals surface area (Å²) in [7, 11) is 0. The van der Waals surface area contributed by atoms with Gasteiger partial charge in [-0.2, -0.15) is 5.10 Å². The Morgan fingerprint density at radius 3 is 2.77 bits per heavy atom. The molecule has 13 heavy (non-hydrogen) atoms. The van der Waals surface area contributed by atoms with Crippen LogP contribution >= 0.6 is 0 Å². The van der Waals surface area contributed by atoms with Gasteiger partial charge in [-0.15, -0.1) is 0 Å². The number of rotatable bonds is 4. The Bertz CT molecular complexity index is 219. The number of hydrazine groups is 1. The largest absolute Gasteiger partial charge is 0.267 e. The SMILES string of the molecule is CCCN1N=CN([N+](=O)[O-])C1CC. The molecule has 0 spiro atoms. The average Bonchev–Trinajstić information content (AvgIpc) is 2.48. The monoisotopic (exact) mass is 186 g/mol. The Kier molecular flexibility index (Phi) is 3.05. The van der Waals surface area contributed by atoms with Crippen LogP contribution in [0.1, 0.15) is 26.7 Å². The van der Waals surface area contributed by atoms with Crippen LogP contribution in [0.3, 0.4) is 0 Å². The summed E-state index contributed by atoms with van der Waals surface area (Å²) in [4.78, 5) is 10.5. The van der Waals surface area contributed by atoms with Crippen molar-refractivity contribution in [3.8, 4) is 0 Å². The molecule has 0 aromatic carbocycles. The van der Waals surface area contributed by atoms with Crippen molar-refractivity contribution in [2.75, 3.05) is 6.54 Å². The Morgan fingerprint density at radius 2 is 2.31 bits per heavy atom. The highest BCUT2D eigenvalue weighted by Gasteiger charge is 2.33. The van der Waals surface area contributed by atoms with Crippen molar-refractivity contribution < 1.29 is 5.03 Å². The molecule has 0 N–H and O–H groups in total. The number of nitro groups is 1. The van der Waals surface area contributed by atoms with Crippen LogP contribution in [-0.4, -0.2) is 34.1 Å². The summed E-state index contributed by atoms with van der Waals surface area (Å²) in [5.74, 6) is 0. The highest BCUT2D eigenvalue weighted by Crippen LogP contribution is 2.15. The zero-order chi connectivity index (χ0) is 9.84. The summed E-state index contributed by atoms with van der Waals surface area (Å²) < 4.78 is 0. The van der Waals surface area contributed by atoms with E-state index in [1.54, 1.807) is 5.01 Å². The van der Waals surface area contributed by atoms with E-state index in [1.807, 2.05) is 13.8 Å². The van der Waals surface area contributed by atoms with Gasteiger partial charge < -0.3 is 0 Å². The van der Waals surface area contributed by atoms with Gasteiger partial charge in [0.05, 0.1) is 0 Å². The number of nitrogens with zero attached hydrogens (tertiary/aromatic N) is 4. The minimum atomic E-state index is -0.423. The molecule has 6 nitrogen and oxygen atoms in total. The maximum absolute atomic E-state index is 10.5. The first-order valence-corrected chi connectivity index (χ1v) is 4.44. The predicted molar refractivity (Wildman–Crippen MR) is 48.4 cm³/mol. The van der Waals surface area contributed by atoms with E-state index >= 15 is 0 Å². The lowest BCUT2D eigenvalue weighted by Crippen LogP contribution is -2.42. The van der Waals surface area contributed by atoms with Gasteiger partial charge in [0, 0.05) is 6.54 Å². The van der Waals surface area contributed by atoms with Gasteiger partial charge in [0.15, 0.2) is 17.5 Å². The Hall–Kier alpha value is -1.33. The fraction of sp³-hybridized carbons (Fsp3) is 0.857. The molecule has 1 heterocycles. The van der Waals surface area contributed by atoms with E-state index in [9.17, 15) is 10.1 Å². The first-order valence-electron chi connectivity index (χ1n) is 4.44. The molecule has 0 bridgehead atoms. The molecule has 6 heteroatoms. The number of hydrogen-bond acceptors (Lipinski definition) is 4. The predicted octanol–water partition coefficient (Wildman–Crippen LogP) is 0.885. The van der Waals surface area contributed by atoms with Crippen molar-refractivity contribution in [3.63, 3.8) is 0 Å². The van der Waals surface area contributed by atoms with E-state index in [-0.39, 0.29) is 6.17 Å². The number of hydrazone groups is 1. The fourth-order valence-electron chi connectivity index (χ4n) is 1.39. The standard InChI is InChI=1S/C7H14N4O2/c1-3-5-9-7(4-2)10(6-8-9)11(12)13/h6-7H,3-5H2,1-2H3. The molecule has 1 aliphatic rings. The van der Waals surface area contributed by atoms with E-state index in [4.69, 9.17) is 0 Å². The van der Waals surface area contributed by atoms with Crippen molar-refractivity contribution in [2.24, 2.45) is 5.10 Å². The molecular formula is C7H14N4O2. The molecule has 0 amide bonds. The van der Waals surface area contributed by atoms with Gasteiger partial charge in [-0.05, 0) is 12.8 Å². The van der Waals surface area contributed by atoms with Gasteiger partial charge in [0.1, 0.15) is 0 Å². The maximum atomic E-state index is 10.5. The van der Waals surface area contributed by atoms with E-state index in [2.05, 4.69) is 5.10 Å². The minimum absolute atomic E-state index is 0.213. The van der Waals surface area contributed by atoms with Gasteiger partial charge in [0.25, 0.3) is 0 Å². The van der Waals surface area contributed by atoms with Crippen LogP contribution in [0, 0.1) is 10.1 Å². The van der Waals surface area contributed by atoms with Gasteiger partial charge >= 0.3 is 0 Å². The van der Waals surface area contributed by atoms with Crippen molar-refractivity contribution in [1.29, 1.82) is 0 Å². The van der Waals surface area contributed by atoms with Crippen LogP contribution in [0.4, 0.5) is 0 Å². The summed E-state index contributed by atoms with van der Waals surface area (Å²) in [6, 6.07) is 0. The third-order valence-electron chi connectivity index (χ3n) is 1.97. The molecule has 1 aliphatic heterocycles. The smallest absolute Gasteiger partial charge is 0.182 e. The van der Waals surface area contributed by atoms with Gasteiger partial charge in [-0.1, -0.05) is 18.9 Å². The second kappa shape index (κ2) is 4.06. The van der Waals surface area contributed by atoms with Crippen LogP contribution in [0.2, 0.25) is 0 Å². The van der Waals surface area contributed by atoms with Crippen LogP contribution in [0.25, 0.3) is 0 Å². The Labute approximate surface area is 76.9 Å². The van der Waals surface area contributed by atoms with Crippen LogP contribution < -0.4 is 0 Å². The molecule has 0 aromatic heterocycles. The van der Waals surface area contributed by atoms with Crippen molar-refractivity contribution in [2.45, 2.75) is 32.9 Å². The first-order chi connectivity index (χ1) is 6.20. The second-order valence-corrected chi connectivity index (χ2v) is 2.90. The Balaban J connectivity index is 2.63. The summed E-state index contributed by atoms with van der Waals surface area (Å²) in [5.41, 5.74) is 0. The Morgan fingerprint density at radius 1 is 1.62 bits per heavy atom. The quantitative estimate of drug-likeness (QED) is 0.483. The normalized spacial score (nSPS) is 21.2. The molecule has 1 atom stereocenters. The van der Waals surface area contributed by atoms with Gasteiger partial charge in [-0.25, -0.2) is 10.1 Å². The topological polar surface area (TPSA) is 62.0 Å². The molecule has 1 rings (SSSR count). The average molecular weight is 186 g/mol. The first kappa shape index (κ1) is 9.76. The van der Waals surface area contributed by atoms with E-state index in [0.717, 1.165) is 18.0 Å². The molecule has 0 radical (unpaired) electrons. The van der Waals surface area contributed by atoms with E-state index in [1.165, 1.54) is 6.34 Å². The lowest BCUT2D eigenvalue weighted by molar-refractivity contribution is -0.638. The molecule has 0 aliphatic carbocycles. The summed E-state index contributed by atoms with van der Waals surface area (Å²) in [6.45, 7) is 4.70. The molecule has 0 aromatic rings. The lowest BCUT2D eigenvalue weighted by atomic mass is 10.3. The summed E-state index contributed by atoms with van der Waals surface area (Å²) in [6.07, 6.45) is 2.71. The summed E-state index contributed by atoms with van der Waals surface area (Å²) >= 11 is 0. The van der Waals surface area contributed by atoms with Gasteiger partial charge in [-0.3, -0.25) is 5.01 Å². The molecule has 0 fully saturated rings. The van der Waals surface area contributed by atoms with Crippen LogP contribution in [0.15, 0.2) is 5.10 Å². The van der Waals surface area contributed by atoms with Crippen LogP contribution in [0.5, 0.6) is 0 Å². The third kappa shape index (κ3) is 1.88. The summed E-state index contributed by atoms with van der Waals surface area (Å²) in [5, 5.41) is 16.9. The van der Waals surface area contributed by atoms with Crippen molar-refractivity contribution >= 4 is 6.34 Å². The minimum Gasteiger partial charge on any atom is -0.267 e. The molecule has 0 saturated heterocycles. The zero-order valence-corrected chi connectivity index (χ0v) is 7.88. The van der Waals surface area contributed by atoms with E-state index in [0.29, 0.717) is 6.42 Å². The highest BCUT2D eigenvalue weighted by atomic mass is 16.7. The van der Waals surface area contributed by atoms with Crippen molar-refractivity contribution in [3.05, 3.63) is 10.1 Å². The van der Waals surface area contributed by atoms with Crippen molar-refractivity contribution in [1.82, 2.24) is 10.0 Å². The molecule has 74 valence electrons. The second-order valence-electron chi connectivity index (χ2n) is 2.90. The third-order valence-corrected chi connectivity index (χ3v) is 1.97. The fourth-order valence-corrected chi connectivity index (χ4v) is 1.39. The highest BCUT2D eigenvalue weighted by molar-refractivity contribution is 5.55.